The Morgan fingerprint density at radius 2 is 1.84 bits per heavy atom. The fourth-order valence-corrected chi connectivity index (χ4v) is 3.98. The van der Waals surface area contributed by atoms with Crippen LogP contribution in [-0.2, 0) is 11.2 Å². The smallest absolute Gasteiger partial charge is 0.429 e. The van der Waals surface area contributed by atoms with Crippen LogP contribution in [0.5, 0.6) is 5.88 Å². The molecule has 38 heavy (non-hydrogen) atoms. The zero-order chi connectivity index (χ0) is 27.6. The topological polar surface area (TPSA) is 116 Å². The zero-order valence-corrected chi connectivity index (χ0v) is 21.0. The molecule has 0 spiro atoms. The first-order valence-electron chi connectivity index (χ1n) is 11.4. The van der Waals surface area contributed by atoms with Crippen molar-refractivity contribution in [3.8, 4) is 22.8 Å². The third kappa shape index (κ3) is 6.23. The molecule has 0 aliphatic carbocycles. The number of aryl methyl sites for hydroxylation is 1. The lowest BCUT2D eigenvalue weighted by molar-refractivity contribution is -0.198. The molecule has 0 fully saturated rings. The van der Waals surface area contributed by atoms with E-state index < -0.39 is 24.2 Å². The van der Waals surface area contributed by atoms with E-state index in [1.54, 1.807) is 44.2 Å². The molecular formula is C26H23ClF3N5O3. The molecule has 0 aliphatic rings. The summed E-state index contributed by atoms with van der Waals surface area (Å²) >= 11 is 6.09. The normalized spacial score (nSPS) is 13.2. The summed E-state index contributed by atoms with van der Waals surface area (Å²) in [6, 6.07) is 13.6. The van der Waals surface area contributed by atoms with Crippen LogP contribution >= 0.6 is 11.6 Å². The fraction of sp³-hybridized carbons (Fsp3) is 0.231. The van der Waals surface area contributed by atoms with Crippen molar-refractivity contribution in [3.63, 3.8) is 0 Å². The minimum absolute atomic E-state index is 0.0985. The summed E-state index contributed by atoms with van der Waals surface area (Å²) in [5.41, 5.74) is 7.86. The van der Waals surface area contributed by atoms with E-state index in [1.165, 1.54) is 35.1 Å². The number of alkyl halides is 3. The Kier molecular flexibility index (Phi) is 7.58. The quantitative estimate of drug-likeness (QED) is 0.286. The lowest BCUT2D eigenvalue weighted by atomic mass is 9.99. The van der Waals surface area contributed by atoms with Gasteiger partial charge in [-0.2, -0.15) is 23.3 Å². The number of hydrogen-bond donors (Lipinski definition) is 2. The number of nitrogens with zero attached hydrogens (tertiary/aromatic N) is 4. The predicted molar refractivity (Wildman–Crippen MR) is 135 cm³/mol. The van der Waals surface area contributed by atoms with Crippen LogP contribution in [0, 0.1) is 12.8 Å². The van der Waals surface area contributed by atoms with E-state index >= 15 is 0 Å². The van der Waals surface area contributed by atoms with Gasteiger partial charge in [0.25, 0.3) is 0 Å². The number of anilines is 1. The third-order valence-electron chi connectivity index (χ3n) is 5.71. The number of carboxylic acids is 1. The van der Waals surface area contributed by atoms with E-state index in [4.69, 9.17) is 27.2 Å². The van der Waals surface area contributed by atoms with Crippen LogP contribution in [0.1, 0.15) is 29.8 Å². The maximum absolute atomic E-state index is 14.3. The molecular weight excluding hydrogens is 523 g/mol. The number of carbonyl (C=O) groups is 1. The lowest BCUT2D eigenvalue weighted by Crippen LogP contribution is -2.28. The zero-order valence-electron chi connectivity index (χ0n) is 20.3. The van der Waals surface area contributed by atoms with Crippen LogP contribution in [0.15, 0.2) is 60.8 Å². The summed E-state index contributed by atoms with van der Waals surface area (Å²) in [5.74, 6) is -2.14. The van der Waals surface area contributed by atoms with Crippen LogP contribution in [0.25, 0.3) is 16.9 Å². The molecule has 198 valence electrons. The number of aromatic nitrogens is 4. The monoisotopic (exact) mass is 545 g/mol. The van der Waals surface area contributed by atoms with Crippen molar-refractivity contribution in [1.29, 1.82) is 0 Å². The largest absolute Gasteiger partial charge is 0.481 e. The van der Waals surface area contributed by atoms with E-state index in [0.717, 1.165) is 5.56 Å². The molecule has 2 heterocycles. The molecule has 8 nitrogen and oxygen atoms in total. The summed E-state index contributed by atoms with van der Waals surface area (Å²) in [4.78, 5) is 19.1. The standard InChI is InChI=1S/C26H23ClF3N5O3/c1-14(24(36)37)11-16-3-5-17(6-4-16)20-13-22(33-25(31)32-20)38-23(26(28,29)30)19-8-7-18(27)12-21(19)35-10-9-15(2)34-35/h3-10,12-14,23H,11H2,1-2H3,(H,36,37)(H2,31,32,33). The molecule has 12 heteroatoms. The number of nitrogen functional groups attached to an aromatic ring is 1. The minimum Gasteiger partial charge on any atom is -0.481 e. The number of ether oxygens (including phenoxy) is 1. The van der Waals surface area contributed by atoms with Crippen molar-refractivity contribution < 1.29 is 27.8 Å². The van der Waals surface area contributed by atoms with E-state index in [-0.39, 0.29) is 33.8 Å². The van der Waals surface area contributed by atoms with Crippen LogP contribution in [0.3, 0.4) is 0 Å². The van der Waals surface area contributed by atoms with Gasteiger partial charge in [-0.15, -0.1) is 0 Å². The van der Waals surface area contributed by atoms with Crippen LogP contribution in [-0.4, -0.2) is 37.0 Å². The van der Waals surface area contributed by atoms with Gasteiger partial charge in [-0.05, 0) is 37.1 Å². The number of nitrogens with two attached hydrogens (primary N) is 1. The first-order valence-corrected chi connectivity index (χ1v) is 11.8. The van der Waals surface area contributed by atoms with E-state index in [9.17, 15) is 18.0 Å². The number of halogens is 4. The molecule has 0 amide bonds. The number of hydrogen-bond acceptors (Lipinski definition) is 6. The number of aliphatic carboxylic acids is 1. The first-order chi connectivity index (χ1) is 17.9. The summed E-state index contributed by atoms with van der Waals surface area (Å²) in [6.07, 6.45) is -5.39. The molecule has 3 N–H and O–H groups in total. The van der Waals surface area contributed by atoms with Crippen molar-refractivity contribution in [2.24, 2.45) is 5.92 Å². The SMILES string of the molecule is Cc1ccn(-c2cc(Cl)ccc2C(Oc2cc(-c3ccc(CC(C)C(=O)O)cc3)nc(N)n2)C(F)(F)F)n1. The second kappa shape index (κ2) is 10.7. The van der Waals surface area contributed by atoms with Crippen LogP contribution < -0.4 is 10.5 Å². The van der Waals surface area contributed by atoms with Gasteiger partial charge in [0.1, 0.15) is 0 Å². The molecule has 0 aliphatic heterocycles. The average molecular weight is 546 g/mol. The highest BCUT2D eigenvalue weighted by molar-refractivity contribution is 6.30. The van der Waals surface area contributed by atoms with Gasteiger partial charge in [0.15, 0.2) is 0 Å². The van der Waals surface area contributed by atoms with Gasteiger partial charge in [0.05, 0.1) is 23.0 Å². The second-order valence-electron chi connectivity index (χ2n) is 8.73. The van der Waals surface area contributed by atoms with Crippen molar-refractivity contribution in [2.75, 3.05) is 5.73 Å². The summed E-state index contributed by atoms with van der Waals surface area (Å²) in [5, 5.41) is 13.6. The van der Waals surface area contributed by atoms with Gasteiger partial charge in [0.2, 0.25) is 17.9 Å². The Morgan fingerprint density at radius 1 is 1.13 bits per heavy atom. The van der Waals surface area contributed by atoms with Gasteiger partial charge in [-0.1, -0.05) is 48.9 Å². The highest BCUT2D eigenvalue weighted by Gasteiger charge is 2.45. The average Bonchev–Trinajstić information content (AvgIpc) is 3.28. The predicted octanol–water partition coefficient (Wildman–Crippen LogP) is 5.82. The molecule has 2 aromatic heterocycles. The number of benzene rings is 2. The Morgan fingerprint density at radius 3 is 2.45 bits per heavy atom. The summed E-state index contributed by atoms with van der Waals surface area (Å²) in [7, 11) is 0. The van der Waals surface area contributed by atoms with E-state index in [0.29, 0.717) is 17.7 Å². The molecule has 0 saturated heterocycles. The summed E-state index contributed by atoms with van der Waals surface area (Å²) < 4.78 is 49.7. The van der Waals surface area contributed by atoms with Gasteiger partial charge >= 0.3 is 12.1 Å². The number of rotatable bonds is 8. The fourth-order valence-electron chi connectivity index (χ4n) is 3.82. The Hall–Kier alpha value is -4.12. The number of carboxylic acid groups (broad SMARTS) is 1. The molecule has 4 rings (SSSR count). The van der Waals surface area contributed by atoms with Crippen molar-refractivity contribution in [2.45, 2.75) is 32.5 Å². The van der Waals surface area contributed by atoms with Gasteiger partial charge in [-0.3, -0.25) is 4.79 Å². The molecule has 2 atom stereocenters. The minimum atomic E-state index is -4.83. The maximum Gasteiger partial charge on any atom is 0.429 e. The van der Waals surface area contributed by atoms with Gasteiger partial charge in [-0.25, -0.2) is 9.67 Å². The molecule has 2 unspecified atom stereocenters. The van der Waals surface area contributed by atoms with E-state index in [1.807, 2.05) is 0 Å². The Bertz CT molecular complexity index is 1460. The first kappa shape index (κ1) is 26.9. The van der Waals surface area contributed by atoms with Gasteiger partial charge < -0.3 is 15.6 Å². The van der Waals surface area contributed by atoms with Crippen molar-refractivity contribution >= 4 is 23.5 Å². The van der Waals surface area contributed by atoms with Gasteiger partial charge in [0, 0.05) is 28.4 Å². The second-order valence-corrected chi connectivity index (χ2v) is 9.17. The molecule has 0 bridgehead atoms. The molecule has 4 aromatic rings. The highest BCUT2D eigenvalue weighted by atomic mass is 35.5. The Labute approximate surface area is 220 Å². The lowest BCUT2D eigenvalue weighted by Gasteiger charge is -2.24. The van der Waals surface area contributed by atoms with Crippen molar-refractivity contribution in [3.05, 3.63) is 82.6 Å². The molecule has 0 radical (unpaired) electrons. The van der Waals surface area contributed by atoms with E-state index in [2.05, 4.69) is 15.1 Å². The molecule has 0 saturated carbocycles. The highest BCUT2D eigenvalue weighted by Crippen LogP contribution is 2.40. The van der Waals surface area contributed by atoms with Crippen LogP contribution in [0.4, 0.5) is 19.1 Å². The summed E-state index contributed by atoms with van der Waals surface area (Å²) in [6.45, 7) is 3.31. The van der Waals surface area contributed by atoms with Crippen molar-refractivity contribution in [1.82, 2.24) is 19.7 Å². The van der Waals surface area contributed by atoms with Crippen LogP contribution in [0.2, 0.25) is 5.02 Å². The maximum atomic E-state index is 14.3. The Balaban J connectivity index is 1.68. The molecule has 2 aromatic carbocycles. The third-order valence-corrected chi connectivity index (χ3v) is 5.95.